The van der Waals surface area contributed by atoms with Crippen LogP contribution in [0.3, 0.4) is 0 Å². The third-order valence-electron chi connectivity index (χ3n) is 5.29. The summed E-state index contributed by atoms with van der Waals surface area (Å²) in [4.78, 5) is 17.9. The van der Waals surface area contributed by atoms with Crippen molar-refractivity contribution >= 4 is 34.1 Å². The molecule has 0 aliphatic carbocycles. The molecule has 0 unspecified atom stereocenters. The number of nitrogens with zero attached hydrogens (tertiary/aromatic N) is 2. The number of amides is 1. The fourth-order valence-corrected chi connectivity index (χ4v) is 3.69. The number of para-hydroxylation sites is 1. The van der Waals surface area contributed by atoms with Gasteiger partial charge in [0.2, 0.25) is 0 Å². The Morgan fingerprint density at radius 1 is 1.03 bits per heavy atom. The molecule has 1 heterocycles. The van der Waals surface area contributed by atoms with Crippen LogP contribution >= 0.6 is 11.6 Å². The van der Waals surface area contributed by atoms with E-state index in [4.69, 9.17) is 21.3 Å². The molecule has 0 saturated carbocycles. The summed E-state index contributed by atoms with van der Waals surface area (Å²) in [5.74, 6) is 0.936. The molecule has 1 amide bonds. The fraction of sp³-hybridized carbons (Fsp3) is 0.179. The van der Waals surface area contributed by atoms with E-state index in [0.29, 0.717) is 45.4 Å². The number of hydrazone groups is 1. The molecule has 0 spiro atoms. The zero-order valence-corrected chi connectivity index (χ0v) is 20.1. The number of aromatic nitrogens is 1. The predicted molar refractivity (Wildman–Crippen MR) is 139 cm³/mol. The monoisotopic (exact) mass is 471 g/mol. The molecule has 1 N–H and O–H groups in total. The number of hydrogen-bond acceptors (Lipinski definition) is 4. The average Bonchev–Trinajstić information content (AvgIpc) is 2.86. The highest BCUT2D eigenvalue weighted by atomic mass is 35.5. The van der Waals surface area contributed by atoms with Crippen LogP contribution in [0.5, 0.6) is 5.75 Å². The maximum Gasteiger partial charge on any atom is 0.272 e. The van der Waals surface area contributed by atoms with E-state index in [1.54, 1.807) is 12.1 Å². The maximum atomic E-state index is 13.2. The van der Waals surface area contributed by atoms with E-state index in [0.717, 1.165) is 16.9 Å². The van der Waals surface area contributed by atoms with Crippen molar-refractivity contribution in [2.24, 2.45) is 11.0 Å². The van der Waals surface area contributed by atoms with Gasteiger partial charge < -0.3 is 4.74 Å². The average molecular weight is 472 g/mol. The highest BCUT2D eigenvalue weighted by Crippen LogP contribution is 2.29. The number of hydrogen-bond donors (Lipinski definition) is 1. The normalized spacial score (nSPS) is 11.6. The van der Waals surface area contributed by atoms with Crippen molar-refractivity contribution in [1.29, 1.82) is 0 Å². The second-order valence-corrected chi connectivity index (χ2v) is 8.83. The first-order valence-electron chi connectivity index (χ1n) is 11.1. The van der Waals surface area contributed by atoms with Gasteiger partial charge in [-0.1, -0.05) is 67.9 Å². The third kappa shape index (κ3) is 5.43. The maximum absolute atomic E-state index is 13.2. The van der Waals surface area contributed by atoms with Crippen LogP contribution in [0, 0.1) is 5.92 Å². The number of ether oxygens (including phenoxy) is 1. The smallest absolute Gasteiger partial charge is 0.272 e. The molecule has 0 fully saturated rings. The summed E-state index contributed by atoms with van der Waals surface area (Å²) in [6.45, 7) is 6.73. The molecule has 0 aliphatic rings. The second-order valence-electron chi connectivity index (χ2n) is 8.42. The van der Waals surface area contributed by atoms with E-state index in [2.05, 4.69) is 24.4 Å². The quantitative estimate of drug-likeness (QED) is 0.239. The van der Waals surface area contributed by atoms with Gasteiger partial charge in [-0.05, 0) is 54.8 Å². The van der Waals surface area contributed by atoms with Crippen molar-refractivity contribution in [1.82, 2.24) is 10.4 Å². The summed E-state index contributed by atoms with van der Waals surface area (Å²) >= 11 is 6.42. The van der Waals surface area contributed by atoms with Crippen LogP contribution in [0.1, 0.15) is 36.7 Å². The van der Waals surface area contributed by atoms with Crippen LogP contribution in [0.4, 0.5) is 0 Å². The van der Waals surface area contributed by atoms with Gasteiger partial charge in [0.15, 0.2) is 0 Å². The van der Waals surface area contributed by atoms with Gasteiger partial charge in [0.05, 0.1) is 34.1 Å². The first-order chi connectivity index (χ1) is 16.4. The number of carbonyl (C=O) groups excluding carboxylic acids is 1. The fourth-order valence-electron chi connectivity index (χ4n) is 3.47. The predicted octanol–water partition coefficient (Wildman–Crippen LogP) is 6.74. The van der Waals surface area contributed by atoms with Crippen molar-refractivity contribution in [3.63, 3.8) is 0 Å². The molecule has 5 nitrogen and oxygen atoms in total. The van der Waals surface area contributed by atoms with E-state index in [-0.39, 0.29) is 5.91 Å². The summed E-state index contributed by atoms with van der Waals surface area (Å²) in [5.41, 5.74) is 6.87. The lowest BCUT2D eigenvalue weighted by Gasteiger charge is -2.11. The lowest BCUT2D eigenvalue weighted by atomic mass is 10.0. The highest BCUT2D eigenvalue weighted by Gasteiger charge is 2.15. The summed E-state index contributed by atoms with van der Waals surface area (Å²) in [6, 6.07) is 24.5. The van der Waals surface area contributed by atoms with Crippen LogP contribution in [-0.2, 0) is 0 Å². The van der Waals surface area contributed by atoms with Gasteiger partial charge >= 0.3 is 0 Å². The molecular formula is C28H26ClN3O2. The number of rotatable bonds is 7. The van der Waals surface area contributed by atoms with Crippen LogP contribution in [0.2, 0.25) is 5.02 Å². The third-order valence-corrected chi connectivity index (χ3v) is 5.59. The zero-order chi connectivity index (χ0) is 24.1. The molecule has 3 aromatic carbocycles. The molecule has 6 heteroatoms. The minimum absolute atomic E-state index is 0.330. The van der Waals surface area contributed by atoms with Crippen molar-refractivity contribution in [3.8, 4) is 17.0 Å². The Bertz CT molecular complexity index is 1330. The Morgan fingerprint density at radius 3 is 2.47 bits per heavy atom. The Balaban J connectivity index is 1.60. The second kappa shape index (κ2) is 10.5. The molecule has 0 atom stereocenters. The van der Waals surface area contributed by atoms with Crippen molar-refractivity contribution < 1.29 is 9.53 Å². The summed E-state index contributed by atoms with van der Waals surface area (Å²) < 4.78 is 5.73. The van der Waals surface area contributed by atoms with E-state index in [1.807, 2.05) is 73.7 Å². The Hall–Kier alpha value is -3.70. The molecule has 0 radical (unpaired) electrons. The van der Waals surface area contributed by atoms with Gasteiger partial charge in [-0.15, -0.1) is 0 Å². The van der Waals surface area contributed by atoms with Gasteiger partial charge in [0.1, 0.15) is 5.75 Å². The zero-order valence-electron chi connectivity index (χ0n) is 19.4. The Kier molecular flexibility index (Phi) is 7.24. The SMILES string of the molecule is C/C(=N/NC(=O)c1cc(-c2ccccc2)nc2c(Cl)cccc12)c1ccc(OCC(C)C)cc1. The first-order valence-corrected chi connectivity index (χ1v) is 11.5. The van der Waals surface area contributed by atoms with Crippen LogP contribution in [-0.4, -0.2) is 23.2 Å². The Labute approximate surface area is 204 Å². The standard InChI is InChI=1S/C28H26ClN3O2/c1-18(2)17-34-22-14-12-20(13-15-22)19(3)31-32-28(33)24-16-26(21-8-5-4-6-9-21)30-27-23(24)10-7-11-25(27)29/h4-16,18H,17H2,1-3H3,(H,32,33)/b31-19-. The summed E-state index contributed by atoms with van der Waals surface area (Å²) in [6.07, 6.45) is 0. The molecular weight excluding hydrogens is 446 g/mol. The number of pyridine rings is 1. The lowest BCUT2D eigenvalue weighted by Crippen LogP contribution is -2.20. The lowest BCUT2D eigenvalue weighted by molar-refractivity contribution is 0.0956. The Morgan fingerprint density at radius 2 is 1.76 bits per heavy atom. The largest absolute Gasteiger partial charge is 0.493 e. The van der Waals surface area contributed by atoms with E-state index in [1.165, 1.54) is 0 Å². The van der Waals surface area contributed by atoms with E-state index in [9.17, 15) is 4.79 Å². The minimum Gasteiger partial charge on any atom is -0.493 e. The molecule has 0 bridgehead atoms. The van der Waals surface area contributed by atoms with E-state index >= 15 is 0 Å². The van der Waals surface area contributed by atoms with Crippen LogP contribution in [0.15, 0.2) is 84.0 Å². The van der Waals surface area contributed by atoms with Crippen LogP contribution < -0.4 is 10.2 Å². The number of carbonyl (C=O) groups is 1. The van der Waals surface area contributed by atoms with Gasteiger partial charge in [0.25, 0.3) is 5.91 Å². The van der Waals surface area contributed by atoms with Gasteiger partial charge in [-0.25, -0.2) is 10.4 Å². The number of fused-ring (bicyclic) bond motifs is 1. The molecule has 4 rings (SSSR count). The molecule has 4 aromatic rings. The first kappa shape index (κ1) is 23.5. The van der Waals surface area contributed by atoms with Crippen molar-refractivity contribution in [2.75, 3.05) is 6.61 Å². The van der Waals surface area contributed by atoms with Crippen LogP contribution in [0.25, 0.3) is 22.2 Å². The summed E-state index contributed by atoms with van der Waals surface area (Å²) in [5, 5.41) is 5.49. The van der Waals surface area contributed by atoms with Gasteiger partial charge in [-0.2, -0.15) is 5.10 Å². The van der Waals surface area contributed by atoms with Crippen molar-refractivity contribution in [2.45, 2.75) is 20.8 Å². The molecule has 34 heavy (non-hydrogen) atoms. The summed E-state index contributed by atoms with van der Waals surface area (Å²) in [7, 11) is 0. The molecule has 0 aliphatic heterocycles. The molecule has 0 saturated heterocycles. The minimum atomic E-state index is -0.330. The van der Waals surface area contributed by atoms with Crippen molar-refractivity contribution in [3.05, 3.63) is 95.0 Å². The van der Waals surface area contributed by atoms with Gasteiger partial charge in [-0.3, -0.25) is 4.79 Å². The number of benzene rings is 3. The molecule has 1 aromatic heterocycles. The topological polar surface area (TPSA) is 63.6 Å². The number of nitrogens with one attached hydrogen (secondary N) is 1. The highest BCUT2D eigenvalue weighted by molar-refractivity contribution is 6.35. The van der Waals surface area contributed by atoms with Gasteiger partial charge in [0, 0.05) is 10.9 Å². The molecule has 172 valence electrons. The van der Waals surface area contributed by atoms with E-state index < -0.39 is 0 Å². The number of halogens is 1.